The van der Waals surface area contributed by atoms with Gasteiger partial charge in [-0.3, -0.25) is 14.8 Å². The number of H-pyrrole nitrogens is 1. The van der Waals surface area contributed by atoms with Crippen LogP contribution in [-0.2, 0) is 23.3 Å². The molecule has 1 aromatic heterocycles. The van der Waals surface area contributed by atoms with Crippen LogP contribution in [0.3, 0.4) is 0 Å². The van der Waals surface area contributed by atoms with E-state index in [1.807, 2.05) is 18.2 Å². The molecule has 36 heavy (non-hydrogen) atoms. The number of methoxy groups -OCH3 is 1. The number of fused-ring (bicyclic) bond motifs is 4. The van der Waals surface area contributed by atoms with Gasteiger partial charge >= 0.3 is 0 Å². The Morgan fingerprint density at radius 3 is 2.83 bits per heavy atom. The highest BCUT2D eigenvalue weighted by Crippen LogP contribution is 2.65. The van der Waals surface area contributed by atoms with Gasteiger partial charge in [-0.15, -0.1) is 0 Å². The zero-order valence-electron chi connectivity index (χ0n) is 20.5. The number of rotatable bonds is 5. The summed E-state index contributed by atoms with van der Waals surface area (Å²) in [6, 6.07) is 19.0. The van der Waals surface area contributed by atoms with Crippen LogP contribution < -0.4 is 10.1 Å². The smallest absolute Gasteiger partial charge is 0.235 e. The topological polar surface area (TPSA) is 70.2 Å². The predicted octanol–water partition coefficient (Wildman–Crippen LogP) is 5.45. The molecule has 2 atom stereocenters. The Hall–Kier alpha value is -3.90. The van der Waals surface area contributed by atoms with Crippen LogP contribution in [-0.4, -0.2) is 34.7 Å². The number of hydrogen-bond donors (Lipinski definition) is 2. The highest BCUT2D eigenvalue weighted by atomic mass is 16.5. The number of carbonyl (C=O) groups is 1. The quantitative estimate of drug-likeness (QED) is 0.402. The molecule has 3 heterocycles. The first kappa shape index (κ1) is 21.4. The van der Waals surface area contributed by atoms with Crippen molar-refractivity contribution in [1.29, 1.82) is 0 Å². The number of carbonyl (C=O) groups excluding carboxylic acids is 1. The zero-order chi connectivity index (χ0) is 24.4. The molecule has 3 aliphatic rings. The minimum atomic E-state index is -0.499. The van der Waals surface area contributed by atoms with Gasteiger partial charge in [0.05, 0.1) is 23.7 Å². The van der Waals surface area contributed by atoms with E-state index in [4.69, 9.17) is 4.74 Å². The molecule has 0 bridgehead atoms. The van der Waals surface area contributed by atoms with Crippen molar-refractivity contribution >= 4 is 34.6 Å². The average molecular weight is 477 g/mol. The van der Waals surface area contributed by atoms with Crippen LogP contribution in [0.2, 0.25) is 0 Å². The van der Waals surface area contributed by atoms with Crippen LogP contribution in [0, 0.1) is 0 Å². The number of benzene rings is 3. The normalized spacial score (nSPS) is 22.4. The van der Waals surface area contributed by atoms with Gasteiger partial charge in [0.1, 0.15) is 5.75 Å². The van der Waals surface area contributed by atoms with E-state index in [1.165, 1.54) is 16.7 Å². The first-order chi connectivity index (χ1) is 17.6. The van der Waals surface area contributed by atoms with E-state index in [1.54, 1.807) is 7.11 Å². The van der Waals surface area contributed by atoms with Gasteiger partial charge < -0.3 is 10.1 Å². The first-order valence-electron chi connectivity index (χ1n) is 12.6. The fraction of sp³-hybridized carbons (Fsp3) is 0.267. The molecule has 1 aliphatic carbocycles. The van der Waals surface area contributed by atoms with E-state index in [0.717, 1.165) is 65.2 Å². The summed E-state index contributed by atoms with van der Waals surface area (Å²) in [5.74, 6) is 1.01. The Labute approximate surface area is 210 Å². The van der Waals surface area contributed by atoms with Crippen molar-refractivity contribution in [1.82, 2.24) is 15.1 Å². The number of amides is 1. The number of aromatic nitrogens is 2. The molecule has 6 heteroatoms. The number of ether oxygens (including phenoxy) is 1. The van der Waals surface area contributed by atoms with Crippen LogP contribution in [0.15, 0.2) is 54.6 Å². The lowest BCUT2D eigenvalue weighted by molar-refractivity contribution is -0.118. The maximum absolute atomic E-state index is 13.0. The van der Waals surface area contributed by atoms with Crippen molar-refractivity contribution < 1.29 is 9.53 Å². The van der Waals surface area contributed by atoms with Gasteiger partial charge in [0.25, 0.3) is 0 Å². The van der Waals surface area contributed by atoms with Crippen molar-refractivity contribution in [2.45, 2.75) is 37.8 Å². The van der Waals surface area contributed by atoms with Crippen molar-refractivity contribution in [2.75, 3.05) is 19.0 Å². The Kier molecular flexibility index (Phi) is 4.63. The predicted molar refractivity (Wildman–Crippen MR) is 142 cm³/mol. The van der Waals surface area contributed by atoms with Gasteiger partial charge in [-0.05, 0) is 71.1 Å². The summed E-state index contributed by atoms with van der Waals surface area (Å²) in [6.07, 6.45) is 5.03. The maximum Gasteiger partial charge on any atom is 0.235 e. The summed E-state index contributed by atoms with van der Waals surface area (Å²) in [7, 11) is 1.66. The fourth-order valence-corrected chi connectivity index (χ4v) is 6.09. The van der Waals surface area contributed by atoms with Crippen molar-refractivity contribution in [2.24, 2.45) is 0 Å². The molecule has 4 aromatic rings. The molecular formula is C30H28N4O2. The lowest BCUT2D eigenvalue weighted by Crippen LogP contribution is -2.21. The summed E-state index contributed by atoms with van der Waals surface area (Å²) in [5, 5.41) is 11.9. The average Bonchev–Trinajstić information content (AvgIpc) is 3.18. The van der Waals surface area contributed by atoms with E-state index in [2.05, 4.69) is 75.9 Å². The van der Waals surface area contributed by atoms with E-state index in [0.29, 0.717) is 0 Å². The van der Waals surface area contributed by atoms with Crippen LogP contribution in [0.5, 0.6) is 5.75 Å². The van der Waals surface area contributed by atoms with Crippen LogP contribution >= 0.6 is 0 Å². The highest BCUT2D eigenvalue weighted by Gasteiger charge is 2.65. The van der Waals surface area contributed by atoms with Gasteiger partial charge in [-0.1, -0.05) is 43.3 Å². The maximum atomic E-state index is 13.0. The van der Waals surface area contributed by atoms with Gasteiger partial charge in [0.2, 0.25) is 5.91 Å². The molecule has 7 rings (SSSR count). The summed E-state index contributed by atoms with van der Waals surface area (Å²) >= 11 is 0. The molecule has 1 spiro atoms. The highest BCUT2D eigenvalue weighted by molar-refractivity contribution is 6.10. The van der Waals surface area contributed by atoms with Crippen LogP contribution in [0.25, 0.3) is 23.1 Å². The number of nitrogens with zero attached hydrogens (tertiary/aromatic N) is 2. The molecular weight excluding hydrogens is 448 g/mol. The molecule has 0 radical (unpaired) electrons. The van der Waals surface area contributed by atoms with Crippen molar-refractivity contribution in [3.05, 3.63) is 88.1 Å². The van der Waals surface area contributed by atoms with Crippen LogP contribution in [0.4, 0.5) is 5.69 Å². The van der Waals surface area contributed by atoms with Gasteiger partial charge in [0.15, 0.2) is 0 Å². The van der Waals surface area contributed by atoms with Crippen molar-refractivity contribution in [3.8, 4) is 5.75 Å². The fourth-order valence-electron chi connectivity index (χ4n) is 6.09. The number of nitrogens with one attached hydrogen (secondary N) is 2. The van der Waals surface area contributed by atoms with Crippen LogP contribution in [0.1, 0.15) is 52.8 Å². The monoisotopic (exact) mass is 476 g/mol. The molecule has 180 valence electrons. The standard InChI is InChI=1S/C30H28N4O2/c1-3-34-16-20-6-4-18(12-21(20)17-34)5-10-26-23-9-7-19(13-28(23)33-32-26)25-15-30(25)24-14-22(36-2)8-11-27(24)31-29(30)35/h4-14,25H,3,15-17H2,1-2H3,(H,31,35)(H,32,33)/b10-5+/t25-,30-/m0/s1. The molecule has 1 amide bonds. The summed E-state index contributed by atoms with van der Waals surface area (Å²) in [6.45, 7) is 5.36. The van der Waals surface area contributed by atoms with E-state index in [9.17, 15) is 4.79 Å². The summed E-state index contributed by atoms with van der Waals surface area (Å²) < 4.78 is 5.42. The molecule has 2 aliphatic heterocycles. The van der Waals surface area contributed by atoms with E-state index < -0.39 is 5.41 Å². The number of aromatic amines is 1. The minimum absolute atomic E-state index is 0.0838. The molecule has 3 aromatic carbocycles. The zero-order valence-corrected chi connectivity index (χ0v) is 20.5. The number of anilines is 1. The van der Waals surface area contributed by atoms with Gasteiger partial charge in [-0.25, -0.2) is 0 Å². The second kappa shape index (κ2) is 7.80. The number of hydrogen-bond acceptors (Lipinski definition) is 4. The van der Waals surface area contributed by atoms with Gasteiger partial charge in [0, 0.05) is 30.1 Å². The SMILES string of the molecule is CCN1Cc2ccc(/C=C/c3n[nH]c4cc([C@@H]5C[C@@]56C(=O)Nc5ccc(OC)cc56)ccc34)cc2C1. The van der Waals surface area contributed by atoms with Crippen molar-refractivity contribution in [3.63, 3.8) is 0 Å². The molecule has 1 saturated carbocycles. The molecule has 1 fully saturated rings. The second-order valence-corrected chi connectivity index (χ2v) is 10.2. The third kappa shape index (κ3) is 3.14. The summed E-state index contributed by atoms with van der Waals surface area (Å²) in [4.78, 5) is 15.5. The first-order valence-corrected chi connectivity index (χ1v) is 12.6. The van der Waals surface area contributed by atoms with E-state index in [-0.39, 0.29) is 11.8 Å². The Morgan fingerprint density at radius 1 is 1.08 bits per heavy atom. The molecule has 6 nitrogen and oxygen atoms in total. The lowest BCUT2D eigenvalue weighted by Gasteiger charge is -2.10. The summed E-state index contributed by atoms with van der Waals surface area (Å²) in [5.41, 5.74) is 8.56. The Bertz CT molecular complexity index is 1570. The lowest BCUT2D eigenvalue weighted by atomic mass is 9.91. The molecule has 2 N–H and O–H groups in total. The Morgan fingerprint density at radius 2 is 1.97 bits per heavy atom. The minimum Gasteiger partial charge on any atom is -0.497 e. The second-order valence-electron chi connectivity index (χ2n) is 10.2. The Balaban J connectivity index is 1.15. The third-order valence-electron chi connectivity index (χ3n) is 8.24. The molecule has 0 unspecified atom stereocenters. The third-order valence-corrected chi connectivity index (χ3v) is 8.24. The van der Waals surface area contributed by atoms with E-state index >= 15 is 0 Å². The van der Waals surface area contributed by atoms with Gasteiger partial charge in [-0.2, -0.15) is 5.10 Å². The largest absolute Gasteiger partial charge is 0.497 e. The molecule has 0 saturated heterocycles.